The first-order chi connectivity index (χ1) is 15.2. The number of benzene rings is 1. The maximum atomic E-state index is 12.5. The topological polar surface area (TPSA) is 116 Å². The molecule has 0 radical (unpaired) electrons. The van der Waals surface area contributed by atoms with Crippen LogP contribution in [0, 0.1) is 0 Å². The number of aromatic nitrogens is 4. The molecule has 0 atom stereocenters. The predicted octanol–water partition coefficient (Wildman–Crippen LogP) is 2.47. The van der Waals surface area contributed by atoms with Crippen LogP contribution in [0.4, 0.5) is 0 Å². The van der Waals surface area contributed by atoms with Gasteiger partial charge in [0.05, 0.1) is 38.2 Å². The van der Waals surface area contributed by atoms with Crippen LogP contribution in [-0.2, 0) is 16.4 Å². The SMILES string of the molecule is CS(=O)(=O)c1cc(-n2ccccc2=O)ccc1-n1cc(CNC(=O)c2ccc(Cl)s2)nn1. The average molecular weight is 490 g/mol. The summed E-state index contributed by atoms with van der Waals surface area (Å²) in [5, 5.41) is 10.7. The van der Waals surface area contributed by atoms with Gasteiger partial charge in [0, 0.05) is 18.5 Å². The molecule has 0 spiro atoms. The number of nitrogens with one attached hydrogen (secondary N) is 1. The smallest absolute Gasteiger partial charge is 0.261 e. The van der Waals surface area contributed by atoms with Gasteiger partial charge < -0.3 is 5.32 Å². The maximum Gasteiger partial charge on any atom is 0.261 e. The highest BCUT2D eigenvalue weighted by Gasteiger charge is 2.18. The zero-order valence-electron chi connectivity index (χ0n) is 16.6. The Morgan fingerprint density at radius 3 is 2.69 bits per heavy atom. The van der Waals surface area contributed by atoms with Crippen LogP contribution in [0.5, 0.6) is 0 Å². The molecule has 0 aliphatic rings. The molecule has 1 aromatic carbocycles. The highest BCUT2D eigenvalue weighted by molar-refractivity contribution is 7.90. The summed E-state index contributed by atoms with van der Waals surface area (Å²) in [6, 6.07) is 12.5. The van der Waals surface area contributed by atoms with Crippen molar-refractivity contribution in [2.45, 2.75) is 11.4 Å². The number of carbonyl (C=O) groups excluding carboxylic acids is 1. The van der Waals surface area contributed by atoms with E-state index in [2.05, 4.69) is 15.6 Å². The van der Waals surface area contributed by atoms with Crippen molar-refractivity contribution in [3.05, 3.63) is 86.2 Å². The number of sulfone groups is 1. The molecule has 0 aliphatic heterocycles. The molecule has 0 saturated carbocycles. The van der Waals surface area contributed by atoms with Crippen LogP contribution in [0.1, 0.15) is 15.4 Å². The van der Waals surface area contributed by atoms with Gasteiger partial charge in [0.25, 0.3) is 11.5 Å². The minimum Gasteiger partial charge on any atom is -0.346 e. The zero-order chi connectivity index (χ0) is 22.9. The lowest BCUT2D eigenvalue weighted by molar-refractivity contribution is 0.0954. The first-order valence-electron chi connectivity index (χ1n) is 9.20. The fraction of sp³-hybridized carbons (Fsp3) is 0.100. The highest BCUT2D eigenvalue weighted by atomic mass is 35.5. The number of hydrogen-bond donors (Lipinski definition) is 1. The molecule has 3 aromatic heterocycles. The number of amides is 1. The van der Waals surface area contributed by atoms with E-state index in [9.17, 15) is 18.0 Å². The van der Waals surface area contributed by atoms with E-state index in [1.165, 1.54) is 27.6 Å². The molecule has 1 N–H and O–H groups in total. The van der Waals surface area contributed by atoms with Gasteiger partial charge in [-0.05, 0) is 36.4 Å². The third-order valence-electron chi connectivity index (χ3n) is 4.46. The van der Waals surface area contributed by atoms with Crippen molar-refractivity contribution in [3.8, 4) is 11.4 Å². The Balaban J connectivity index is 1.62. The fourth-order valence-electron chi connectivity index (χ4n) is 2.97. The van der Waals surface area contributed by atoms with Crippen molar-refractivity contribution in [1.82, 2.24) is 24.9 Å². The normalized spacial score (nSPS) is 11.4. The van der Waals surface area contributed by atoms with Gasteiger partial charge in [-0.1, -0.05) is 22.9 Å². The van der Waals surface area contributed by atoms with E-state index in [4.69, 9.17) is 11.6 Å². The molecule has 1 amide bonds. The molecule has 0 unspecified atom stereocenters. The van der Waals surface area contributed by atoms with Crippen LogP contribution in [0.2, 0.25) is 4.34 Å². The lowest BCUT2D eigenvalue weighted by Gasteiger charge is -2.11. The lowest BCUT2D eigenvalue weighted by atomic mass is 10.2. The number of rotatable bonds is 6. The highest BCUT2D eigenvalue weighted by Crippen LogP contribution is 2.23. The van der Waals surface area contributed by atoms with E-state index in [1.54, 1.807) is 42.6 Å². The van der Waals surface area contributed by atoms with Gasteiger partial charge in [0.2, 0.25) is 0 Å². The summed E-state index contributed by atoms with van der Waals surface area (Å²) < 4.78 is 28.1. The Kier molecular flexibility index (Phi) is 5.96. The summed E-state index contributed by atoms with van der Waals surface area (Å²) in [6.45, 7) is 0.0973. The molecule has 3 heterocycles. The minimum atomic E-state index is -3.66. The Morgan fingerprint density at radius 2 is 2.00 bits per heavy atom. The Hall–Kier alpha value is -3.28. The van der Waals surface area contributed by atoms with E-state index in [0.717, 1.165) is 17.6 Å². The van der Waals surface area contributed by atoms with Gasteiger partial charge >= 0.3 is 0 Å². The molecule has 0 aliphatic carbocycles. The van der Waals surface area contributed by atoms with Gasteiger partial charge in [0.15, 0.2) is 9.84 Å². The Bertz CT molecular complexity index is 1470. The average Bonchev–Trinajstić information content (AvgIpc) is 3.40. The van der Waals surface area contributed by atoms with E-state index < -0.39 is 9.84 Å². The second kappa shape index (κ2) is 8.69. The van der Waals surface area contributed by atoms with Gasteiger partial charge in [0.1, 0.15) is 5.69 Å². The van der Waals surface area contributed by atoms with Crippen LogP contribution in [0.3, 0.4) is 0 Å². The van der Waals surface area contributed by atoms with E-state index >= 15 is 0 Å². The Labute approximate surface area is 191 Å². The molecule has 4 aromatic rings. The largest absolute Gasteiger partial charge is 0.346 e. The van der Waals surface area contributed by atoms with Crippen molar-refractivity contribution in [2.75, 3.05) is 6.26 Å². The van der Waals surface area contributed by atoms with Crippen molar-refractivity contribution >= 4 is 38.7 Å². The van der Waals surface area contributed by atoms with Gasteiger partial charge in [-0.25, -0.2) is 13.1 Å². The Morgan fingerprint density at radius 1 is 1.19 bits per heavy atom. The summed E-state index contributed by atoms with van der Waals surface area (Å²) in [4.78, 5) is 24.7. The van der Waals surface area contributed by atoms with Crippen LogP contribution >= 0.6 is 22.9 Å². The van der Waals surface area contributed by atoms with E-state index in [-0.39, 0.29) is 28.6 Å². The standard InChI is InChI=1S/C20H16ClN5O4S2/c1-32(29,30)17-10-14(25-9-3-2-4-19(25)27)5-6-15(17)26-12-13(23-24-26)11-22-20(28)16-7-8-18(21)31-16/h2-10,12H,11H2,1H3,(H,22,28). The molecule has 0 bridgehead atoms. The molecule has 9 nitrogen and oxygen atoms in total. The molecule has 4 rings (SSSR count). The summed E-state index contributed by atoms with van der Waals surface area (Å²) in [5.41, 5.74) is 0.826. The van der Waals surface area contributed by atoms with Crippen molar-refractivity contribution in [3.63, 3.8) is 0 Å². The molecule has 0 saturated heterocycles. The summed E-state index contributed by atoms with van der Waals surface area (Å²) >= 11 is 7.01. The lowest BCUT2D eigenvalue weighted by Crippen LogP contribution is -2.21. The third-order valence-corrected chi connectivity index (χ3v) is 6.81. The summed E-state index contributed by atoms with van der Waals surface area (Å²) in [6.07, 6.45) is 4.16. The number of thiophene rings is 1. The molecular weight excluding hydrogens is 474 g/mol. The first-order valence-corrected chi connectivity index (χ1v) is 12.3. The molecule has 164 valence electrons. The third kappa shape index (κ3) is 4.64. The quantitative estimate of drug-likeness (QED) is 0.444. The van der Waals surface area contributed by atoms with Gasteiger partial charge in [-0.15, -0.1) is 16.4 Å². The fourth-order valence-corrected chi connectivity index (χ4v) is 4.81. The van der Waals surface area contributed by atoms with Crippen LogP contribution in [-0.4, -0.2) is 40.1 Å². The summed E-state index contributed by atoms with van der Waals surface area (Å²) in [5.74, 6) is -0.300. The molecule has 12 heteroatoms. The minimum absolute atomic E-state index is 0.0144. The number of halogens is 1. The number of nitrogens with zero attached hydrogens (tertiary/aromatic N) is 4. The van der Waals surface area contributed by atoms with Crippen LogP contribution in [0.15, 0.2) is 70.6 Å². The second-order valence-corrected chi connectivity index (χ2v) is 10.5. The van der Waals surface area contributed by atoms with Crippen molar-refractivity contribution < 1.29 is 13.2 Å². The number of hydrogen-bond acceptors (Lipinski definition) is 7. The maximum absolute atomic E-state index is 12.5. The van der Waals surface area contributed by atoms with Gasteiger partial charge in [-0.3, -0.25) is 14.2 Å². The molecular formula is C20H16ClN5O4S2. The zero-order valence-corrected chi connectivity index (χ0v) is 19.0. The molecule has 32 heavy (non-hydrogen) atoms. The van der Waals surface area contributed by atoms with E-state index in [1.807, 2.05) is 0 Å². The monoisotopic (exact) mass is 489 g/mol. The first kappa shape index (κ1) is 21.9. The van der Waals surface area contributed by atoms with Crippen LogP contribution in [0.25, 0.3) is 11.4 Å². The van der Waals surface area contributed by atoms with Crippen LogP contribution < -0.4 is 10.9 Å². The van der Waals surface area contributed by atoms with E-state index in [0.29, 0.717) is 20.6 Å². The van der Waals surface area contributed by atoms with Crippen molar-refractivity contribution in [2.24, 2.45) is 0 Å². The molecule has 0 fully saturated rings. The van der Waals surface area contributed by atoms with Gasteiger partial charge in [-0.2, -0.15) is 0 Å². The number of carbonyl (C=O) groups is 1. The van der Waals surface area contributed by atoms with Crippen molar-refractivity contribution in [1.29, 1.82) is 0 Å². The predicted molar refractivity (Wildman–Crippen MR) is 121 cm³/mol. The second-order valence-electron chi connectivity index (χ2n) is 6.77. The summed E-state index contributed by atoms with van der Waals surface area (Å²) in [7, 11) is -3.66. The number of pyridine rings is 1.